The van der Waals surface area contributed by atoms with E-state index in [2.05, 4.69) is 11.7 Å². The number of carbonyl (C=O) groups is 1. The number of fused-ring (bicyclic) bond motifs is 1. The monoisotopic (exact) mass is 317 g/mol. The number of nitrogens with zero attached hydrogens (tertiary/aromatic N) is 2. The van der Waals surface area contributed by atoms with Gasteiger partial charge in [0.05, 0.1) is 12.2 Å². The molecule has 5 nitrogen and oxygen atoms in total. The van der Waals surface area contributed by atoms with Crippen molar-refractivity contribution in [2.24, 2.45) is 10.9 Å². The molecule has 0 unspecified atom stereocenters. The van der Waals surface area contributed by atoms with Gasteiger partial charge in [-0.15, -0.1) is 0 Å². The van der Waals surface area contributed by atoms with Crippen LogP contribution in [0.5, 0.6) is 0 Å². The molecule has 0 bridgehead atoms. The maximum absolute atomic E-state index is 12.4. The lowest BCUT2D eigenvalue weighted by molar-refractivity contribution is -0.112. The van der Waals surface area contributed by atoms with Gasteiger partial charge in [0.25, 0.3) is 5.91 Å². The van der Waals surface area contributed by atoms with E-state index in [0.717, 1.165) is 5.56 Å². The topological polar surface area (TPSA) is 78.9 Å². The fourth-order valence-electron chi connectivity index (χ4n) is 2.36. The summed E-state index contributed by atoms with van der Waals surface area (Å²) in [6.07, 6.45) is 6.79. The van der Waals surface area contributed by atoms with E-state index < -0.39 is 5.91 Å². The summed E-state index contributed by atoms with van der Waals surface area (Å²) >= 11 is 6.02. The first-order valence-corrected chi connectivity index (χ1v) is 6.95. The summed E-state index contributed by atoms with van der Waals surface area (Å²) in [6, 6.07) is 3.35. The summed E-state index contributed by atoms with van der Waals surface area (Å²) < 4.78 is 0. The first kappa shape index (κ1) is 15.9. The van der Waals surface area contributed by atoms with Crippen LogP contribution in [0.4, 0.5) is 5.69 Å². The van der Waals surface area contributed by atoms with Gasteiger partial charge in [0.1, 0.15) is 0 Å². The highest BCUT2D eigenvalue weighted by Gasteiger charge is 2.36. The largest absolute Gasteiger partial charge is 0.410 e. The van der Waals surface area contributed by atoms with Gasteiger partial charge in [-0.05, 0) is 30.7 Å². The highest BCUT2D eigenvalue weighted by Crippen LogP contribution is 2.35. The first-order valence-electron chi connectivity index (χ1n) is 6.57. The number of rotatable bonds is 4. The summed E-state index contributed by atoms with van der Waals surface area (Å²) in [7, 11) is 0. The SMILES string of the molecule is C=C/C=C\C=C(/N)CN1C(=O)/C(=N\O)c2cc(Cl)cc(C)c21. The zero-order valence-corrected chi connectivity index (χ0v) is 12.8. The molecule has 2 rings (SSSR count). The second kappa shape index (κ2) is 6.49. The third-order valence-electron chi connectivity index (χ3n) is 3.24. The number of amides is 1. The van der Waals surface area contributed by atoms with Crippen molar-refractivity contribution in [3.05, 3.63) is 64.9 Å². The van der Waals surface area contributed by atoms with Crippen LogP contribution in [0.1, 0.15) is 11.1 Å². The molecule has 0 aromatic heterocycles. The van der Waals surface area contributed by atoms with E-state index in [0.29, 0.717) is 22.0 Å². The number of hydrogen-bond donors (Lipinski definition) is 2. The summed E-state index contributed by atoms with van der Waals surface area (Å²) in [4.78, 5) is 13.9. The molecule has 1 aliphatic heterocycles. The van der Waals surface area contributed by atoms with Crippen LogP contribution in [0.3, 0.4) is 0 Å². The molecule has 0 radical (unpaired) electrons. The third kappa shape index (κ3) is 2.89. The maximum atomic E-state index is 12.4. The van der Waals surface area contributed by atoms with Gasteiger partial charge in [-0.2, -0.15) is 0 Å². The Kier molecular flexibility index (Phi) is 4.68. The Balaban J connectivity index is 2.43. The van der Waals surface area contributed by atoms with Crippen LogP contribution in [0.2, 0.25) is 5.02 Å². The Bertz CT molecular complexity index is 720. The van der Waals surface area contributed by atoms with Crippen LogP contribution in [-0.4, -0.2) is 23.4 Å². The number of nitrogens with two attached hydrogens (primary N) is 1. The Morgan fingerprint density at radius 3 is 2.86 bits per heavy atom. The Labute approximate surface area is 133 Å². The molecule has 22 heavy (non-hydrogen) atoms. The third-order valence-corrected chi connectivity index (χ3v) is 3.45. The van der Waals surface area contributed by atoms with Crippen molar-refractivity contribution < 1.29 is 10.0 Å². The molecule has 114 valence electrons. The minimum absolute atomic E-state index is 0.0324. The molecule has 1 aromatic carbocycles. The Morgan fingerprint density at radius 1 is 1.50 bits per heavy atom. The molecular weight excluding hydrogens is 302 g/mol. The van der Waals surface area contributed by atoms with Crippen LogP contribution in [0, 0.1) is 6.92 Å². The Morgan fingerprint density at radius 2 is 2.23 bits per heavy atom. The molecule has 0 spiro atoms. The average molecular weight is 318 g/mol. The van der Waals surface area contributed by atoms with Crippen LogP contribution in [0.25, 0.3) is 0 Å². The van der Waals surface area contributed by atoms with Gasteiger partial charge < -0.3 is 15.8 Å². The number of hydrogen-bond acceptors (Lipinski definition) is 4. The molecule has 0 aliphatic carbocycles. The molecule has 0 saturated heterocycles. The molecule has 1 heterocycles. The molecular formula is C16H16ClN3O2. The van der Waals surface area contributed by atoms with Gasteiger partial charge in [0.15, 0.2) is 5.71 Å². The summed E-state index contributed by atoms with van der Waals surface area (Å²) in [6.45, 7) is 5.59. The standard InChI is InChI=1S/C16H16ClN3O2/c1-3-4-5-6-12(18)9-20-15-10(2)7-11(17)8-13(15)14(19-22)16(20)21/h3-8,22H,1,9,18H2,2H3/b5-4-,12-6-,19-14-. The second-order valence-corrected chi connectivity index (χ2v) is 5.26. The van der Waals surface area contributed by atoms with Crippen LogP contribution < -0.4 is 10.6 Å². The lowest BCUT2D eigenvalue weighted by Crippen LogP contribution is -2.33. The molecule has 1 aromatic rings. The van der Waals surface area contributed by atoms with E-state index in [4.69, 9.17) is 22.5 Å². The molecule has 1 aliphatic rings. The van der Waals surface area contributed by atoms with Gasteiger partial charge in [0, 0.05) is 16.3 Å². The minimum atomic E-state index is -0.410. The molecule has 0 saturated carbocycles. The first-order chi connectivity index (χ1) is 10.5. The number of allylic oxidation sites excluding steroid dienone is 4. The highest BCUT2D eigenvalue weighted by atomic mass is 35.5. The maximum Gasteiger partial charge on any atom is 0.281 e. The van der Waals surface area contributed by atoms with E-state index in [1.54, 1.807) is 36.4 Å². The number of aryl methyl sites for hydroxylation is 1. The van der Waals surface area contributed by atoms with Crippen molar-refractivity contribution in [3.8, 4) is 0 Å². The number of benzene rings is 1. The van der Waals surface area contributed by atoms with E-state index in [9.17, 15) is 4.79 Å². The van der Waals surface area contributed by atoms with Crippen LogP contribution >= 0.6 is 11.6 Å². The number of halogens is 1. The van der Waals surface area contributed by atoms with Crippen molar-refractivity contribution in [3.63, 3.8) is 0 Å². The molecule has 1 amide bonds. The van der Waals surface area contributed by atoms with Gasteiger partial charge >= 0.3 is 0 Å². The predicted octanol–water partition coefficient (Wildman–Crippen LogP) is 2.76. The van der Waals surface area contributed by atoms with E-state index in [1.165, 1.54) is 4.90 Å². The molecule has 6 heteroatoms. The number of oxime groups is 1. The fraction of sp³-hybridized carbons (Fsp3) is 0.125. The van der Waals surface area contributed by atoms with Crippen molar-refractivity contribution in [2.45, 2.75) is 6.92 Å². The number of carbonyl (C=O) groups excluding carboxylic acids is 1. The van der Waals surface area contributed by atoms with Crippen molar-refractivity contribution in [1.82, 2.24) is 0 Å². The quantitative estimate of drug-likeness (QED) is 0.509. The predicted molar refractivity (Wildman–Crippen MR) is 88.5 cm³/mol. The van der Waals surface area contributed by atoms with Crippen LogP contribution in [0.15, 0.2) is 53.9 Å². The van der Waals surface area contributed by atoms with E-state index in [1.807, 2.05) is 6.92 Å². The van der Waals surface area contributed by atoms with Gasteiger partial charge in [-0.25, -0.2) is 0 Å². The molecule has 0 atom stereocenters. The van der Waals surface area contributed by atoms with Crippen molar-refractivity contribution in [2.75, 3.05) is 11.4 Å². The fourth-order valence-corrected chi connectivity index (χ4v) is 2.63. The van der Waals surface area contributed by atoms with Crippen molar-refractivity contribution in [1.29, 1.82) is 0 Å². The number of anilines is 1. The minimum Gasteiger partial charge on any atom is -0.410 e. The summed E-state index contributed by atoms with van der Waals surface area (Å²) in [5.41, 5.74) is 8.37. The lowest BCUT2D eigenvalue weighted by atomic mass is 10.1. The molecule has 3 N–H and O–H groups in total. The smallest absolute Gasteiger partial charge is 0.281 e. The van der Waals surface area contributed by atoms with E-state index >= 15 is 0 Å². The van der Waals surface area contributed by atoms with Crippen molar-refractivity contribution >= 4 is 28.9 Å². The van der Waals surface area contributed by atoms with Gasteiger partial charge in [-0.1, -0.05) is 41.6 Å². The van der Waals surface area contributed by atoms with Gasteiger partial charge in [0.2, 0.25) is 0 Å². The second-order valence-electron chi connectivity index (χ2n) is 4.82. The van der Waals surface area contributed by atoms with E-state index in [-0.39, 0.29) is 12.3 Å². The Hall–Kier alpha value is -2.53. The average Bonchev–Trinajstić information content (AvgIpc) is 2.71. The zero-order chi connectivity index (χ0) is 16.3. The van der Waals surface area contributed by atoms with Gasteiger partial charge in [-0.3, -0.25) is 4.79 Å². The summed E-state index contributed by atoms with van der Waals surface area (Å²) in [5, 5.41) is 12.7. The summed E-state index contributed by atoms with van der Waals surface area (Å²) in [5.74, 6) is -0.410. The normalized spacial score (nSPS) is 16.6. The zero-order valence-electron chi connectivity index (χ0n) is 12.1. The van der Waals surface area contributed by atoms with Crippen LogP contribution in [-0.2, 0) is 4.79 Å². The lowest BCUT2D eigenvalue weighted by Gasteiger charge is -2.19. The highest BCUT2D eigenvalue weighted by molar-refractivity contribution is 6.54. The molecule has 0 fully saturated rings.